The molecule has 0 saturated carbocycles. The van der Waals surface area contributed by atoms with Gasteiger partial charge in [-0.15, -0.1) is 0 Å². The lowest BCUT2D eigenvalue weighted by Crippen LogP contribution is -2.34. The highest BCUT2D eigenvalue weighted by Gasteiger charge is 2.19. The van der Waals surface area contributed by atoms with Crippen LogP contribution in [0.1, 0.15) is 50.9 Å². The van der Waals surface area contributed by atoms with Crippen molar-refractivity contribution in [2.75, 3.05) is 13.2 Å². The third kappa shape index (κ3) is 11.6. The van der Waals surface area contributed by atoms with Gasteiger partial charge in [0.15, 0.2) is 0 Å². The summed E-state index contributed by atoms with van der Waals surface area (Å²) in [6.07, 6.45) is -0.0875. The summed E-state index contributed by atoms with van der Waals surface area (Å²) in [7, 11) is 0. The van der Waals surface area contributed by atoms with Gasteiger partial charge in [0, 0.05) is 12.2 Å². The smallest absolute Gasteiger partial charge is 0.407 e. The highest BCUT2D eigenvalue weighted by atomic mass is 16.6. The number of carbonyl (C=O) groups is 4. The van der Waals surface area contributed by atoms with E-state index in [9.17, 15) is 19.2 Å². The van der Waals surface area contributed by atoms with Crippen molar-refractivity contribution in [1.82, 2.24) is 10.6 Å². The first kappa shape index (κ1) is 29.9. The van der Waals surface area contributed by atoms with Crippen LogP contribution in [0.4, 0.5) is 9.59 Å². The van der Waals surface area contributed by atoms with Crippen LogP contribution in [0, 0.1) is 0 Å². The molecule has 0 bridgehead atoms. The molecule has 0 aliphatic heterocycles. The Morgan fingerprint density at radius 3 is 1.29 bits per heavy atom. The lowest BCUT2D eigenvalue weighted by Gasteiger charge is -2.20. The van der Waals surface area contributed by atoms with Gasteiger partial charge in [-0.2, -0.15) is 0 Å². The van der Waals surface area contributed by atoms with Crippen molar-refractivity contribution >= 4 is 24.1 Å². The lowest BCUT2D eigenvalue weighted by atomic mass is 10.1. The number of ether oxygens (including phenoxy) is 4. The van der Waals surface area contributed by atoms with Gasteiger partial charge in [0.2, 0.25) is 0 Å². The summed E-state index contributed by atoms with van der Waals surface area (Å²) in [4.78, 5) is 48.6. The number of benzene rings is 2. The van der Waals surface area contributed by atoms with Gasteiger partial charge in [0.05, 0.1) is 24.3 Å². The third-order valence-electron chi connectivity index (χ3n) is 4.81. The second-order valence-electron chi connectivity index (χ2n) is 8.72. The van der Waals surface area contributed by atoms with Crippen molar-refractivity contribution in [2.24, 2.45) is 0 Å². The molecule has 2 amide bonds. The Morgan fingerprint density at radius 2 is 0.974 bits per heavy atom. The lowest BCUT2D eigenvalue weighted by molar-refractivity contribution is -0.141. The van der Waals surface area contributed by atoms with E-state index in [-0.39, 0.29) is 25.4 Å². The van der Waals surface area contributed by atoms with E-state index in [1.54, 1.807) is 76.2 Å². The van der Waals surface area contributed by atoms with E-state index in [0.717, 1.165) is 12.2 Å². The first-order valence-corrected chi connectivity index (χ1v) is 12.2. The second-order valence-corrected chi connectivity index (χ2v) is 8.72. The minimum atomic E-state index is -0.805. The molecule has 204 valence electrons. The highest BCUT2D eigenvalue weighted by Crippen LogP contribution is 2.15. The number of hydrogen-bond acceptors (Lipinski definition) is 8. The first-order valence-electron chi connectivity index (χ1n) is 12.2. The van der Waals surface area contributed by atoms with Crippen LogP contribution >= 0.6 is 0 Å². The largest absolute Gasteiger partial charge is 0.460 e. The van der Waals surface area contributed by atoms with E-state index in [0.29, 0.717) is 11.1 Å². The predicted molar refractivity (Wildman–Crippen MR) is 139 cm³/mol. The fourth-order valence-electron chi connectivity index (χ4n) is 3.16. The van der Waals surface area contributed by atoms with E-state index >= 15 is 0 Å². The number of rotatable bonds is 12. The minimum Gasteiger partial charge on any atom is -0.460 e. The quantitative estimate of drug-likeness (QED) is 0.237. The molecule has 0 radical (unpaired) electrons. The van der Waals surface area contributed by atoms with Crippen molar-refractivity contribution in [3.05, 3.63) is 83.9 Å². The van der Waals surface area contributed by atoms with E-state index in [1.807, 2.05) is 12.1 Å². The van der Waals surface area contributed by atoms with Gasteiger partial charge in [-0.05, 0) is 38.8 Å². The number of alkyl carbamates (subject to hydrolysis) is 2. The zero-order chi connectivity index (χ0) is 27.9. The van der Waals surface area contributed by atoms with Gasteiger partial charge < -0.3 is 29.6 Å². The van der Waals surface area contributed by atoms with E-state index in [4.69, 9.17) is 18.9 Å². The molecule has 2 aromatic rings. The summed E-state index contributed by atoms with van der Waals surface area (Å²) in [5.74, 6) is -1.61. The van der Waals surface area contributed by atoms with Crippen LogP contribution in [0.25, 0.3) is 0 Å². The number of amides is 2. The Hall–Kier alpha value is -4.34. The molecule has 10 nitrogen and oxygen atoms in total. The van der Waals surface area contributed by atoms with Crippen LogP contribution in [0.15, 0.2) is 72.8 Å². The van der Waals surface area contributed by atoms with Crippen molar-refractivity contribution < 1.29 is 38.1 Å². The standard InChI is InChI=1S/C28H34N2O8/c1-19(2)37-27(33)29-23(21-11-7-5-8-12-21)17-35-25(31)15-16-26(32)36-18-24(22-13-9-6-10-14-22)30-28(34)38-20(3)4/h5-16,19-20,23-24H,17-18H2,1-4H3,(H,29,33)(H,30,34)/b16-15+/t23-,24-/m1/s1. The average Bonchev–Trinajstić information content (AvgIpc) is 2.87. The summed E-state index contributed by atoms with van der Waals surface area (Å²) in [6, 6.07) is 16.6. The first-order chi connectivity index (χ1) is 18.1. The number of esters is 2. The van der Waals surface area contributed by atoms with Crippen LogP contribution in [0.2, 0.25) is 0 Å². The van der Waals surface area contributed by atoms with Gasteiger partial charge in [-0.1, -0.05) is 60.7 Å². The SMILES string of the molecule is CC(C)OC(=O)N[C@H](COC(=O)/C=C/C(=O)OC[C@@H](NC(=O)OC(C)C)c1ccccc1)c1ccccc1. The summed E-state index contributed by atoms with van der Waals surface area (Å²) >= 11 is 0. The van der Waals surface area contributed by atoms with Crippen LogP contribution in [-0.4, -0.2) is 49.5 Å². The molecular formula is C28H34N2O8. The zero-order valence-electron chi connectivity index (χ0n) is 21.9. The minimum absolute atomic E-state index is 0.187. The molecule has 0 aliphatic carbocycles. The Morgan fingerprint density at radius 1 is 0.632 bits per heavy atom. The molecular weight excluding hydrogens is 492 g/mol. The predicted octanol–water partition coefficient (Wildman–Crippen LogP) is 4.38. The van der Waals surface area contributed by atoms with E-state index in [1.165, 1.54) is 0 Å². The Balaban J connectivity index is 1.92. The van der Waals surface area contributed by atoms with E-state index < -0.39 is 36.2 Å². The normalized spacial score (nSPS) is 12.5. The van der Waals surface area contributed by atoms with Crippen molar-refractivity contribution in [3.8, 4) is 0 Å². The molecule has 0 heterocycles. The monoisotopic (exact) mass is 526 g/mol. The van der Waals surface area contributed by atoms with Crippen LogP contribution < -0.4 is 10.6 Å². The van der Waals surface area contributed by atoms with Gasteiger partial charge >= 0.3 is 24.1 Å². The zero-order valence-corrected chi connectivity index (χ0v) is 21.9. The molecule has 2 rings (SSSR count). The average molecular weight is 527 g/mol. The fraction of sp³-hybridized carbons (Fsp3) is 0.357. The summed E-state index contributed by atoms with van der Waals surface area (Å²) in [5.41, 5.74) is 1.42. The molecule has 0 unspecified atom stereocenters. The highest BCUT2D eigenvalue weighted by molar-refractivity contribution is 5.91. The van der Waals surface area contributed by atoms with Crippen LogP contribution in [0.5, 0.6) is 0 Å². The summed E-state index contributed by atoms with van der Waals surface area (Å²) < 4.78 is 20.7. The number of nitrogens with one attached hydrogen (secondary N) is 2. The van der Waals surface area contributed by atoms with Gasteiger partial charge in [-0.3, -0.25) is 0 Å². The fourth-order valence-corrected chi connectivity index (χ4v) is 3.16. The summed E-state index contributed by atoms with van der Waals surface area (Å²) in [6.45, 7) is 6.50. The molecule has 10 heteroatoms. The molecule has 0 saturated heterocycles. The molecule has 38 heavy (non-hydrogen) atoms. The third-order valence-corrected chi connectivity index (χ3v) is 4.81. The maximum absolute atomic E-state index is 12.2. The molecule has 2 atom stereocenters. The maximum atomic E-state index is 12.2. The molecule has 0 fully saturated rings. The van der Waals surface area contributed by atoms with Crippen molar-refractivity contribution in [3.63, 3.8) is 0 Å². The second kappa shape index (κ2) is 15.7. The topological polar surface area (TPSA) is 129 Å². The van der Waals surface area contributed by atoms with Gasteiger partial charge in [0.1, 0.15) is 13.2 Å². The van der Waals surface area contributed by atoms with Gasteiger partial charge in [-0.25, -0.2) is 19.2 Å². The van der Waals surface area contributed by atoms with Crippen molar-refractivity contribution in [2.45, 2.75) is 52.0 Å². The van der Waals surface area contributed by atoms with Crippen molar-refractivity contribution in [1.29, 1.82) is 0 Å². The Kier molecular flexibility index (Phi) is 12.4. The Labute approximate surface area is 222 Å². The van der Waals surface area contributed by atoms with E-state index in [2.05, 4.69) is 10.6 Å². The van der Waals surface area contributed by atoms with Crippen LogP contribution in [-0.2, 0) is 28.5 Å². The molecule has 0 aromatic heterocycles. The summed E-state index contributed by atoms with van der Waals surface area (Å²) in [5, 5.41) is 5.32. The number of carbonyl (C=O) groups excluding carboxylic acids is 4. The van der Waals surface area contributed by atoms with Crippen LogP contribution in [0.3, 0.4) is 0 Å². The molecule has 0 spiro atoms. The molecule has 2 N–H and O–H groups in total. The molecule has 0 aliphatic rings. The number of hydrogen-bond donors (Lipinski definition) is 2. The molecule has 2 aromatic carbocycles. The maximum Gasteiger partial charge on any atom is 0.407 e. The Bertz CT molecular complexity index is 985. The van der Waals surface area contributed by atoms with Gasteiger partial charge in [0.25, 0.3) is 0 Å².